The van der Waals surface area contributed by atoms with E-state index in [0.717, 1.165) is 16.3 Å². The molecule has 28 heavy (non-hydrogen) atoms. The molecule has 0 amide bonds. The fourth-order valence-electron chi connectivity index (χ4n) is 2.62. The van der Waals surface area contributed by atoms with Gasteiger partial charge in [0, 0.05) is 6.54 Å². The fraction of sp³-hybridized carbons (Fsp3) is 0.500. The first-order valence-corrected chi connectivity index (χ1v) is 12.5. The first-order chi connectivity index (χ1) is 13.3. The SMILES string of the molecule is C/C=C(/N(CC/C=C\CC)S(=O)(=O)c1ccc(C)cc1)P(=O)(OCC)OCC. The van der Waals surface area contributed by atoms with Gasteiger partial charge in [-0.3, -0.25) is 8.87 Å². The number of sulfonamides is 1. The molecule has 0 radical (unpaired) electrons. The van der Waals surface area contributed by atoms with Gasteiger partial charge in [0.25, 0.3) is 10.0 Å². The van der Waals surface area contributed by atoms with E-state index in [2.05, 4.69) is 0 Å². The molecule has 0 aromatic heterocycles. The van der Waals surface area contributed by atoms with Gasteiger partial charge in [-0.25, -0.2) is 8.42 Å². The van der Waals surface area contributed by atoms with Crippen molar-refractivity contribution in [2.45, 2.75) is 52.4 Å². The lowest BCUT2D eigenvalue weighted by Crippen LogP contribution is -2.32. The smallest absolute Gasteiger partial charge is 0.304 e. The summed E-state index contributed by atoms with van der Waals surface area (Å²) in [6.07, 6.45) is 6.72. The summed E-state index contributed by atoms with van der Waals surface area (Å²) >= 11 is 0. The Morgan fingerprint density at radius 2 is 1.64 bits per heavy atom. The monoisotopic (exact) mass is 429 g/mol. The molecule has 0 N–H and O–H groups in total. The Kier molecular flexibility index (Phi) is 10.2. The summed E-state index contributed by atoms with van der Waals surface area (Å²) in [6.45, 7) is 9.34. The molecule has 0 unspecified atom stereocenters. The van der Waals surface area contributed by atoms with Crippen LogP contribution >= 0.6 is 7.60 Å². The topological polar surface area (TPSA) is 72.9 Å². The van der Waals surface area contributed by atoms with E-state index >= 15 is 0 Å². The fourth-order valence-corrected chi connectivity index (χ4v) is 6.38. The number of hydrogen-bond donors (Lipinski definition) is 0. The zero-order chi connectivity index (χ0) is 21.2. The summed E-state index contributed by atoms with van der Waals surface area (Å²) in [5.41, 5.74) is 0.999. The number of allylic oxidation sites excluding steroid dienone is 2. The van der Waals surface area contributed by atoms with Gasteiger partial charge in [-0.15, -0.1) is 0 Å². The lowest BCUT2D eigenvalue weighted by atomic mass is 10.2. The van der Waals surface area contributed by atoms with Gasteiger partial charge in [0.15, 0.2) is 0 Å². The first kappa shape index (κ1) is 24.6. The molecule has 0 saturated carbocycles. The average Bonchev–Trinajstić information content (AvgIpc) is 2.64. The van der Waals surface area contributed by atoms with Crippen molar-refractivity contribution >= 4 is 17.6 Å². The van der Waals surface area contributed by atoms with Gasteiger partial charge in [0.05, 0.1) is 18.1 Å². The van der Waals surface area contributed by atoms with Crippen molar-refractivity contribution in [1.82, 2.24) is 4.31 Å². The standard InChI is InChI=1S/C20H32NO5PS/c1-6-10-11-12-17-21(20(7-2)27(22,25-8-3)26-9-4)28(23,24)19-15-13-18(5)14-16-19/h7,10-11,13-16H,6,8-9,12,17H2,1-5H3/b11-10-,20-7-. The van der Waals surface area contributed by atoms with Crippen molar-refractivity contribution in [3.05, 3.63) is 53.5 Å². The Balaban J connectivity index is 3.46. The maximum Gasteiger partial charge on any atom is 0.377 e. The van der Waals surface area contributed by atoms with Crippen LogP contribution in [0.25, 0.3) is 0 Å². The zero-order valence-corrected chi connectivity index (χ0v) is 19.1. The summed E-state index contributed by atoms with van der Waals surface area (Å²) in [6, 6.07) is 6.59. The molecular weight excluding hydrogens is 397 g/mol. The highest BCUT2D eigenvalue weighted by atomic mass is 32.2. The Labute approximate surface area is 169 Å². The Morgan fingerprint density at radius 3 is 2.11 bits per heavy atom. The van der Waals surface area contributed by atoms with E-state index in [1.165, 1.54) is 6.08 Å². The molecule has 1 rings (SSSR count). The molecule has 0 aliphatic carbocycles. The van der Waals surface area contributed by atoms with Crippen LogP contribution < -0.4 is 0 Å². The summed E-state index contributed by atoms with van der Waals surface area (Å²) < 4.78 is 52.2. The van der Waals surface area contributed by atoms with Crippen molar-refractivity contribution in [1.29, 1.82) is 0 Å². The van der Waals surface area contributed by atoms with Crippen molar-refractivity contribution in [2.24, 2.45) is 0 Å². The van der Waals surface area contributed by atoms with E-state index in [4.69, 9.17) is 9.05 Å². The molecule has 8 heteroatoms. The van der Waals surface area contributed by atoms with Crippen LogP contribution in [0.15, 0.2) is 52.8 Å². The van der Waals surface area contributed by atoms with Crippen LogP contribution in [0.2, 0.25) is 0 Å². The molecule has 0 spiro atoms. The highest BCUT2D eigenvalue weighted by molar-refractivity contribution is 7.89. The Hall–Kier alpha value is -1.40. The van der Waals surface area contributed by atoms with Gasteiger partial charge in [-0.1, -0.05) is 42.8 Å². The zero-order valence-electron chi connectivity index (χ0n) is 17.4. The number of rotatable bonds is 12. The molecule has 158 valence electrons. The second-order valence-corrected chi connectivity index (χ2v) is 9.87. The lowest BCUT2D eigenvalue weighted by molar-refractivity contribution is 0.220. The van der Waals surface area contributed by atoms with E-state index in [1.54, 1.807) is 45.0 Å². The van der Waals surface area contributed by atoms with E-state index in [9.17, 15) is 13.0 Å². The van der Waals surface area contributed by atoms with Gasteiger partial charge in [0.1, 0.15) is 5.44 Å². The van der Waals surface area contributed by atoms with Crippen LogP contribution in [0.1, 0.15) is 46.1 Å². The minimum Gasteiger partial charge on any atom is -0.304 e. The molecular formula is C20H32NO5PS. The molecule has 1 aromatic carbocycles. The minimum absolute atomic E-state index is 0.0432. The van der Waals surface area contributed by atoms with Gasteiger partial charge in [0.2, 0.25) is 0 Å². The van der Waals surface area contributed by atoms with Gasteiger partial charge in [-0.05, 0) is 52.7 Å². The second kappa shape index (κ2) is 11.6. The highest BCUT2D eigenvalue weighted by Gasteiger charge is 2.39. The van der Waals surface area contributed by atoms with Crippen LogP contribution in [0.5, 0.6) is 0 Å². The number of hydrogen-bond acceptors (Lipinski definition) is 5. The van der Waals surface area contributed by atoms with Crippen LogP contribution in [0.3, 0.4) is 0 Å². The van der Waals surface area contributed by atoms with Crippen LogP contribution in [0, 0.1) is 6.92 Å². The second-order valence-electron chi connectivity index (χ2n) is 6.04. The highest BCUT2D eigenvalue weighted by Crippen LogP contribution is 2.58. The quantitative estimate of drug-likeness (QED) is 0.325. The third-order valence-electron chi connectivity index (χ3n) is 3.90. The van der Waals surface area contributed by atoms with Gasteiger partial charge < -0.3 is 9.05 Å². The summed E-state index contributed by atoms with van der Waals surface area (Å²) in [5.74, 6) is 0. The number of nitrogens with zero attached hydrogens (tertiary/aromatic N) is 1. The summed E-state index contributed by atoms with van der Waals surface area (Å²) in [7, 11) is -7.72. The van der Waals surface area contributed by atoms with Gasteiger partial charge in [-0.2, -0.15) is 0 Å². The first-order valence-electron chi connectivity index (χ1n) is 9.57. The predicted molar refractivity (Wildman–Crippen MR) is 114 cm³/mol. The molecule has 0 atom stereocenters. The van der Waals surface area contributed by atoms with Gasteiger partial charge >= 0.3 is 7.60 Å². The number of aryl methyl sites for hydroxylation is 1. The van der Waals surface area contributed by atoms with Crippen LogP contribution in [0.4, 0.5) is 0 Å². The van der Waals surface area contributed by atoms with Crippen molar-refractivity contribution in [2.75, 3.05) is 19.8 Å². The average molecular weight is 430 g/mol. The van der Waals surface area contributed by atoms with Crippen molar-refractivity contribution in [3.63, 3.8) is 0 Å². The number of benzene rings is 1. The molecule has 0 heterocycles. The Morgan fingerprint density at radius 1 is 1.07 bits per heavy atom. The van der Waals surface area contributed by atoms with E-state index in [-0.39, 0.29) is 30.1 Å². The molecule has 0 saturated heterocycles. The minimum atomic E-state index is -3.94. The van der Waals surface area contributed by atoms with E-state index in [0.29, 0.717) is 6.42 Å². The lowest BCUT2D eigenvalue weighted by Gasteiger charge is -2.30. The van der Waals surface area contributed by atoms with Crippen molar-refractivity contribution in [3.8, 4) is 0 Å². The van der Waals surface area contributed by atoms with Crippen LogP contribution in [-0.2, 0) is 23.6 Å². The predicted octanol–water partition coefficient (Wildman–Crippen LogP) is 5.47. The van der Waals surface area contributed by atoms with E-state index < -0.39 is 17.6 Å². The molecule has 0 fully saturated rings. The molecule has 0 aliphatic heterocycles. The Bertz CT molecular complexity index is 806. The molecule has 0 bridgehead atoms. The maximum atomic E-state index is 13.4. The third kappa shape index (κ3) is 6.31. The maximum absolute atomic E-state index is 13.4. The summed E-state index contributed by atoms with van der Waals surface area (Å²) in [4.78, 5) is 0.136. The molecule has 6 nitrogen and oxygen atoms in total. The van der Waals surface area contributed by atoms with Crippen LogP contribution in [-0.4, -0.2) is 32.5 Å². The molecule has 1 aromatic rings. The normalized spacial score (nSPS) is 13.2. The van der Waals surface area contributed by atoms with Crippen molar-refractivity contribution < 1.29 is 22.0 Å². The summed E-state index contributed by atoms with van der Waals surface area (Å²) in [5, 5.41) is 0. The largest absolute Gasteiger partial charge is 0.377 e. The third-order valence-corrected chi connectivity index (χ3v) is 8.12. The van der Waals surface area contributed by atoms with E-state index in [1.807, 2.05) is 26.0 Å². The molecule has 0 aliphatic rings.